The minimum atomic E-state index is -0.564. The number of benzene rings is 3. The van der Waals surface area contributed by atoms with E-state index in [4.69, 9.17) is 14.2 Å². The van der Waals surface area contributed by atoms with Crippen molar-refractivity contribution >= 4 is 23.4 Å². The van der Waals surface area contributed by atoms with E-state index in [-0.39, 0.29) is 29.7 Å². The lowest BCUT2D eigenvalue weighted by Crippen LogP contribution is -2.47. The Morgan fingerprint density at radius 1 is 0.915 bits per heavy atom. The van der Waals surface area contributed by atoms with Gasteiger partial charge in [0.25, 0.3) is 11.8 Å². The number of imide groups is 1. The summed E-state index contributed by atoms with van der Waals surface area (Å²) in [6, 6.07) is 21.3. The first-order valence-electron chi connectivity index (χ1n) is 16.5. The molecule has 10 heteroatoms. The number of ether oxygens (including phenoxy) is 3. The van der Waals surface area contributed by atoms with Gasteiger partial charge in [-0.3, -0.25) is 24.2 Å². The molecule has 0 spiro atoms. The molecular weight excluding hydrogens is 596 g/mol. The predicted molar refractivity (Wildman–Crippen MR) is 179 cm³/mol. The van der Waals surface area contributed by atoms with Crippen LogP contribution in [0.15, 0.2) is 66.7 Å². The number of carbonyl (C=O) groups excluding carboxylic acids is 3. The molecule has 47 heavy (non-hydrogen) atoms. The van der Waals surface area contributed by atoms with Crippen molar-refractivity contribution in [2.75, 3.05) is 65.1 Å². The lowest BCUT2D eigenvalue weighted by Gasteiger charge is -2.39. The van der Waals surface area contributed by atoms with Crippen molar-refractivity contribution < 1.29 is 28.6 Å². The van der Waals surface area contributed by atoms with Gasteiger partial charge in [0.1, 0.15) is 0 Å². The molecule has 6 rings (SSSR count). The van der Waals surface area contributed by atoms with Crippen LogP contribution in [0.2, 0.25) is 0 Å². The Morgan fingerprint density at radius 3 is 2.38 bits per heavy atom. The average Bonchev–Trinajstić information content (AvgIpc) is 3.75. The van der Waals surface area contributed by atoms with Crippen LogP contribution in [-0.4, -0.2) is 87.7 Å². The fraction of sp³-hybridized carbons (Fsp3) is 0.432. The fourth-order valence-electron chi connectivity index (χ4n) is 7.02. The van der Waals surface area contributed by atoms with E-state index >= 15 is 0 Å². The van der Waals surface area contributed by atoms with E-state index in [1.54, 1.807) is 26.4 Å². The number of hydrogen-bond acceptors (Lipinski definition) is 8. The van der Waals surface area contributed by atoms with Crippen molar-refractivity contribution in [2.24, 2.45) is 5.92 Å². The highest BCUT2D eigenvalue weighted by Gasteiger charge is 2.43. The molecule has 2 unspecified atom stereocenters. The van der Waals surface area contributed by atoms with Gasteiger partial charge >= 0.3 is 0 Å². The van der Waals surface area contributed by atoms with Gasteiger partial charge in [0.05, 0.1) is 49.6 Å². The third-order valence-electron chi connectivity index (χ3n) is 9.77. The zero-order valence-corrected chi connectivity index (χ0v) is 27.4. The van der Waals surface area contributed by atoms with Crippen LogP contribution in [0.5, 0.6) is 11.5 Å². The molecule has 2 saturated heterocycles. The van der Waals surface area contributed by atoms with Crippen LogP contribution in [0.25, 0.3) is 0 Å². The van der Waals surface area contributed by atoms with Gasteiger partial charge in [-0.25, -0.2) is 0 Å². The van der Waals surface area contributed by atoms with Crippen molar-refractivity contribution in [3.8, 4) is 11.5 Å². The van der Waals surface area contributed by atoms with Gasteiger partial charge in [0, 0.05) is 45.4 Å². The molecule has 0 saturated carbocycles. The summed E-state index contributed by atoms with van der Waals surface area (Å²) in [6.07, 6.45) is 1.76. The highest BCUT2D eigenvalue weighted by molar-refractivity contribution is 6.24. The molecule has 0 bridgehead atoms. The third-order valence-corrected chi connectivity index (χ3v) is 9.77. The largest absolute Gasteiger partial charge is 0.493 e. The van der Waals surface area contributed by atoms with Crippen molar-refractivity contribution in [1.29, 1.82) is 0 Å². The number of carbonyl (C=O) groups is 3. The van der Waals surface area contributed by atoms with Gasteiger partial charge < -0.3 is 24.4 Å². The molecule has 1 N–H and O–H groups in total. The standard InChI is InChI=1S/C37H44N4O6/c1-25(26-9-5-4-6-10-26)39-18-20-40(21-19-39)31-12-7-11-29-34(31)37(44)41(36(29)43)30(27-14-15-32(45-2)33(23-27)46-3)13-8-17-38-35(42)28-16-22-47-24-28/h4-7,9-12,14-15,23,25,28,30H,8,13,16-22,24H2,1-3H3,(H,38,42)/t25?,28?,30-/m1/s1. The lowest BCUT2D eigenvalue weighted by molar-refractivity contribution is -0.124. The number of piperazine rings is 1. The second-order valence-corrected chi connectivity index (χ2v) is 12.4. The monoisotopic (exact) mass is 640 g/mol. The molecule has 0 aromatic heterocycles. The zero-order valence-electron chi connectivity index (χ0n) is 27.4. The molecule has 2 fully saturated rings. The van der Waals surface area contributed by atoms with E-state index in [0.717, 1.165) is 43.9 Å². The number of hydrogen-bond donors (Lipinski definition) is 1. The first kappa shape index (κ1) is 32.5. The summed E-state index contributed by atoms with van der Waals surface area (Å²) in [6.45, 7) is 6.90. The van der Waals surface area contributed by atoms with Crippen LogP contribution in [0, 0.1) is 5.92 Å². The molecule has 248 valence electrons. The van der Waals surface area contributed by atoms with Crippen molar-refractivity contribution in [2.45, 2.75) is 38.3 Å². The fourth-order valence-corrected chi connectivity index (χ4v) is 7.02. The molecule has 10 nitrogen and oxygen atoms in total. The first-order valence-corrected chi connectivity index (χ1v) is 16.5. The van der Waals surface area contributed by atoms with E-state index in [2.05, 4.69) is 46.3 Å². The Balaban J connectivity index is 1.22. The maximum atomic E-state index is 14.4. The number of rotatable bonds is 12. The minimum Gasteiger partial charge on any atom is -0.493 e. The Hall–Kier alpha value is -4.41. The van der Waals surface area contributed by atoms with Crippen LogP contribution in [0.1, 0.15) is 70.1 Å². The SMILES string of the molecule is COc1ccc([C@@H](CCCNC(=O)C2CCOC2)N2C(=O)c3cccc(N4CCN(C(C)c5ccccc5)CC4)c3C2=O)cc1OC. The highest BCUT2D eigenvalue weighted by Crippen LogP contribution is 2.40. The van der Waals surface area contributed by atoms with Crippen molar-refractivity contribution in [1.82, 2.24) is 15.1 Å². The van der Waals surface area contributed by atoms with Crippen LogP contribution in [0.4, 0.5) is 5.69 Å². The quantitative estimate of drug-likeness (QED) is 0.222. The van der Waals surface area contributed by atoms with Crippen LogP contribution in [-0.2, 0) is 9.53 Å². The highest BCUT2D eigenvalue weighted by atomic mass is 16.5. The summed E-state index contributed by atoms with van der Waals surface area (Å²) in [5, 5.41) is 3.01. The van der Waals surface area contributed by atoms with E-state index in [1.165, 1.54) is 10.5 Å². The molecule has 0 radical (unpaired) electrons. The predicted octanol–water partition coefficient (Wildman–Crippen LogP) is 4.86. The summed E-state index contributed by atoms with van der Waals surface area (Å²) in [4.78, 5) is 47.1. The van der Waals surface area contributed by atoms with Gasteiger partial charge in [-0.05, 0) is 61.6 Å². The summed E-state index contributed by atoms with van der Waals surface area (Å²) in [7, 11) is 3.13. The maximum Gasteiger partial charge on any atom is 0.264 e. The molecule has 3 aromatic rings. The Labute approximate surface area is 276 Å². The second kappa shape index (κ2) is 14.6. The van der Waals surface area contributed by atoms with Crippen LogP contribution in [0.3, 0.4) is 0 Å². The van der Waals surface area contributed by atoms with Crippen LogP contribution >= 0.6 is 0 Å². The Bertz CT molecular complexity index is 1580. The molecular formula is C37H44N4O6. The second-order valence-electron chi connectivity index (χ2n) is 12.4. The summed E-state index contributed by atoms with van der Waals surface area (Å²) >= 11 is 0. The van der Waals surface area contributed by atoms with E-state index in [1.807, 2.05) is 30.3 Å². The van der Waals surface area contributed by atoms with E-state index in [9.17, 15) is 14.4 Å². The van der Waals surface area contributed by atoms with Gasteiger partial charge in [0.2, 0.25) is 5.91 Å². The van der Waals surface area contributed by atoms with Gasteiger partial charge in [0.15, 0.2) is 11.5 Å². The third kappa shape index (κ3) is 6.71. The molecule has 3 aliphatic rings. The lowest BCUT2D eigenvalue weighted by atomic mass is 9.99. The number of amides is 3. The van der Waals surface area contributed by atoms with Crippen LogP contribution < -0.4 is 19.7 Å². The molecule has 3 heterocycles. The number of nitrogens with zero attached hydrogens (tertiary/aromatic N) is 3. The van der Waals surface area contributed by atoms with E-state index in [0.29, 0.717) is 55.2 Å². The smallest absolute Gasteiger partial charge is 0.264 e. The molecule has 0 aliphatic carbocycles. The first-order chi connectivity index (χ1) is 22.9. The normalized spacial score (nSPS) is 19.4. The minimum absolute atomic E-state index is 0.0196. The molecule has 3 aliphatic heterocycles. The van der Waals surface area contributed by atoms with Crippen molar-refractivity contribution in [3.63, 3.8) is 0 Å². The summed E-state index contributed by atoms with van der Waals surface area (Å²) in [5.74, 6) is 0.321. The maximum absolute atomic E-state index is 14.4. The zero-order chi connectivity index (χ0) is 32.9. The topological polar surface area (TPSA) is 101 Å². The van der Waals surface area contributed by atoms with E-state index < -0.39 is 6.04 Å². The molecule has 3 amide bonds. The summed E-state index contributed by atoms with van der Waals surface area (Å²) in [5.41, 5.74) is 3.73. The van der Waals surface area contributed by atoms with Crippen molar-refractivity contribution in [3.05, 3.63) is 89.0 Å². The molecule has 3 atom stereocenters. The molecule has 3 aromatic carbocycles. The van der Waals surface area contributed by atoms with Gasteiger partial charge in [-0.1, -0.05) is 42.5 Å². The number of methoxy groups -OCH3 is 2. The van der Waals surface area contributed by atoms with Gasteiger partial charge in [-0.15, -0.1) is 0 Å². The average molecular weight is 641 g/mol. The Morgan fingerprint density at radius 2 is 1.68 bits per heavy atom. The number of nitrogens with one attached hydrogen (secondary N) is 1. The summed E-state index contributed by atoms with van der Waals surface area (Å²) < 4.78 is 16.4. The van der Waals surface area contributed by atoms with Gasteiger partial charge in [-0.2, -0.15) is 0 Å². The number of anilines is 1. The Kier molecular flexibility index (Phi) is 10.1. The number of fused-ring (bicyclic) bond motifs is 1.